The Bertz CT molecular complexity index is 627. The summed E-state index contributed by atoms with van der Waals surface area (Å²) in [6, 6.07) is 3.64. The van der Waals surface area contributed by atoms with Crippen LogP contribution in [-0.2, 0) is 25.8 Å². The van der Waals surface area contributed by atoms with Crippen molar-refractivity contribution in [1.82, 2.24) is 0 Å². The summed E-state index contributed by atoms with van der Waals surface area (Å²) in [5.74, 6) is -1.09. The van der Waals surface area contributed by atoms with Crippen LogP contribution < -0.4 is 5.73 Å². The molecule has 1 atom stereocenters. The summed E-state index contributed by atoms with van der Waals surface area (Å²) in [5.41, 5.74) is 6.11. The molecule has 1 aliphatic rings. The summed E-state index contributed by atoms with van der Waals surface area (Å²) in [5, 5.41) is 8.25. The number of aliphatic carboxylic acids is 1. The second-order valence-electron chi connectivity index (χ2n) is 4.62. The maximum absolute atomic E-state index is 12.2. The van der Waals surface area contributed by atoms with E-state index < -0.39 is 27.1 Å². The van der Waals surface area contributed by atoms with Gasteiger partial charge in [-0.25, -0.2) is 8.42 Å². The topological polar surface area (TPSA) is 107 Å². The minimum absolute atomic E-state index is 0.140. The highest BCUT2D eigenvalue weighted by Crippen LogP contribution is 2.29. The highest BCUT2D eigenvalue weighted by molar-refractivity contribution is 9.10. The maximum atomic E-state index is 12.2. The molecular formula is C12H14BrNO5S. The molecule has 1 aromatic rings. The van der Waals surface area contributed by atoms with Gasteiger partial charge in [-0.15, -0.1) is 0 Å². The van der Waals surface area contributed by atoms with E-state index in [9.17, 15) is 13.2 Å². The first-order valence-corrected chi connectivity index (χ1v) is 8.24. The molecule has 8 heteroatoms. The van der Waals surface area contributed by atoms with Crippen molar-refractivity contribution in [2.24, 2.45) is 5.73 Å². The zero-order valence-electron chi connectivity index (χ0n) is 10.5. The van der Waals surface area contributed by atoms with E-state index >= 15 is 0 Å². The Labute approximate surface area is 125 Å². The van der Waals surface area contributed by atoms with E-state index in [1.165, 1.54) is 6.07 Å². The molecule has 6 nitrogen and oxygen atoms in total. The predicted molar refractivity (Wildman–Crippen MR) is 75.3 cm³/mol. The predicted octanol–water partition coefficient (Wildman–Crippen LogP) is 0.576. The fourth-order valence-corrected chi connectivity index (χ4v) is 4.42. The monoisotopic (exact) mass is 363 g/mol. The lowest BCUT2D eigenvalue weighted by atomic mass is 10.1. The number of carbonyl (C=O) groups is 1. The van der Waals surface area contributed by atoms with E-state index in [-0.39, 0.29) is 24.5 Å². The average molecular weight is 364 g/mol. The summed E-state index contributed by atoms with van der Waals surface area (Å²) in [7, 11) is -3.41. The third kappa shape index (κ3) is 3.03. The van der Waals surface area contributed by atoms with Gasteiger partial charge in [0.25, 0.3) is 0 Å². The normalized spacial score (nSPS) is 17.5. The van der Waals surface area contributed by atoms with Gasteiger partial charge in [0.1, 0.15) is 11.3 Å². The molecule has 1 saturated heterocycles. The molecule has 0 saturated carbocycles. The number of carboxylic acid groups (broad SMARTS) is 1. The third-order valence-corrected chi connectivity index (χ3v) is 6.16. The molecule has 2 rings (SSSR count). The molecule has 1 heterocycles. The molecule has 1 aromatic carbocycles. The van der Waals surface area contributed by atoms with Gasteiger partial charge in [0, 0.05) is 4.47 Å². The van der Waals surface area contributed by atoms with Crippen molar-refractivity contribution in [3.8, 4) is 0 Å². The van der Waals surface area contributed by atoms with E-state index in [2.05, 4.69) is 15.9 Å². The number of rotatable bonds is 5. The molecule has 0 amide bonds. The second-order valence-corrected chi connectivity index (χ2v) is 7.67. The average Bonchev–Trinajstić information content (AvgIpc) is 2.25. The van der Waals surface area contributed by atoms with Gasteiger partial charge in [0.15, 0.2) is 9.84 Å². The Morgan fingerprint density at radius 1 is 1.50 bits per heavy atom. The Balaban J connectivity index is 2.24. The molecular weight excluding hydrogens is 350 g/mol. The highest BCUT2D eigenvalue weighted by Gasteiger charge is 2.35. The third-order valence-electron chi connectivity index (χ3n) is 3.12. The summed E-state index contributed by atoms with van der Waals surface area (Å²) in [6.45, 7) is 0.417. The zero-order valence-corrected chi connectivity index (χ0v) is 12.9. The smallest absolute Gasteiger partial charge is 0.320 e. The molecule has 1 unspecified atom stereocenters. The molecule has 1 aliphatic heterocycles. The van der Waals surface area contributed by atoms with E-state index in [4.69, 9.17) is 15.6 Å². The number of halogens is 1. The van der Waals surface area contributed by atoms with Crippen molar-refractivity contribution in [3.05, 3.63) is 28.2 Å². The van der Waals surface area contributed by atoms with Gasteiger partial charge in [-0.3, -0.25) is 4.79 Å². The molecule has 0 spiro atoms. The molecule has 110 valence electrons. The first kappa shape index (κ1) is 15.4. The van der Waals surface area contributed by atoms with E-state index in [0.717, 1.165) is 0 Å². The van der Waals surface area contributed by atoms with E-state index in [1.807, 2.05) is 0 Å². The van der Waals surface area contributed by atoms with Crippen LogP contribution in [0.4, 0.5) is 0 Å². The lowest BCUT2D eigenvalue weighted by Gasteiger charge is -2.26. The van der Waals surface area contributed by atoms with Crippen molar-refractivity contribution in [1.29, 1.82) is 0 Å². The van der Waals surface area contributed by atoms with Crippen LogP contribution in [0.5, 0.6) is 0 Å². The minimum atomic E-state index is -3.41. The van der Waals surface area contributed by atoms with Crippen LogP contribution in [0.25, 0.3) is 0 Å². The van der Waals surface area contributed by atoms with Crippen molar-refractivity contribution < 1.29 is 23.1 Å². The number of carboxylic acids is 1. The van der Waals surface area contributed by atoms with Crippen molar-refractivity contribution in [2.45, 2.75) is 22.6 Å². The number of nitrogens with two attached hydrogens (primary N) is 1. The lowest BCUT2D eigenvalue weighted by molar-refractivity contribution is -0.138. The maximum Gasteiger partial charge on any atom is 0.320 e. The lowest BCUT2D eigenvalue weighted by Crippen LogP contribution is -2.40. The van der Waals surface area contributed by atoms with Crippen LogP contribution in [0.15, 0.2) is 27.6 Å². The van der Waals surface area contributed by atoms with Crippen LogP contribution in [0, 0.1) is 0 Å². The van der Waals surface area contributed by atoms with Crippen molar-refractivity contribution in [3.63, 3.8) is 0 Å². The summed E-state index contributed by atoms with van der Waals surface area (Å²) >= 11 is 3.22. The largest absolute Gasteiger partial charge is 0.480 e. The van der Waals surface area contributed by atoms with Crippen LogP contribution in [0.1, 0.15) is 5.56 Å². The van der Waals surface area contributed by atoms with Crippen LogP contribution in [0.2, 0.25) is 0 Å². The fourth-order valence-electron chi connectivity index (χ4n) is 1.82. The Morgan fingerprint density at radius 2 is 2.15 bits per heavy atom. The standard InChI is InChI=1S/C12H14BrNO5S/c13-9-3-7(4-10(14)12(15)16)1-2-11(9)20(17,18)8-5-19-6-8/h1-3,8,10H,4-6,14H2,(H,15,16). The zero-order chi connectivity index (χ0) is 14.9. The molecule has 0 aliphatic carbocycles. The highest BCUT2D eigenvalue weighted by atomic mass is 79.9. The molecule has 0 bridgehead atoms. The number of benzene rings is 1. The summed E-state index contributed by atoms with van der Waals surface area (Å²) < 4.78 is 29.8. The number of hydrogen-bond acceptors (Lipinski definition) is 5. The fraction of sp³-hybridized carbons (Fsp3) is 0.417. The Kier molecular flexibility index (Phi) is 4.48. The van der Waals surface area contributed by atoms with Gasteiger partial charge < -0.3 is 15.6 Å². The van der Waals surface area contributed by atoms with Gasteiger partial charge in [0.05, 0.1) is 18.1 Å². The number of sulfone groups is 1. The van der Waals surface area contributed by atoms with Gasteiger partial charge in [-0.05, 0) is 40.0 Å². The molecule has 3 N–H and O–H groups in total. The minimum Gasteiger partial charge on any atom is -0.480 e. The Hall–Kier alpha value is -0.960. The first-order chi connectivity index (χ1) is 9.32. The summed E-state index contributed by atoms with van der Waals surface area (Å²) in [6.07, 6.45) is 0.140. The second kappa shape index (κ2) is 5.80. The van der Waals surface area contributed by atoms with Gasteiger partial charge in [-0.2, -0.15) is 0 Å². The Morgan fingerprint density at radius 3 is 2.60 bits per heavy atom. The van der Waals surface area contributed by atoms with Crippen molar-refractivity contribution >= 4 is 31.7 Å². The number of ether oxygens (including phenoxy) is 1. The number of hydrogen-bond donors (Lipinski definition) is 2. The van der Waals surface area contributed by atoms with Crippen LogP contribution in [-0.4, -0.2) is 44.0 Å². The first-order valence-electron chi connectivity index (χ1n) is 5.91. The van der Waals surface area contributed by atoms with Gasteiger partial charge in [-0.1, -0.05) is 6.07 Å². The molecule has 1 fully saturated rings. The van der Waals surface area contributed by atoms with Crippen LogP contribution in [0.3, 0.4) is 0 Å². The molecule has 0 radical (unpaired) electrons. The molecule has 20 heavy (non-hydrogen) atoms. The molecule has 0 aromatic heterocycles. The van der Waals surface area contributed by atoms with E-state index in [1.54, 1.807) is 12.1 Å². The van der Waals surface area contributed by atoms with E-state index in [0.29, 0.717) is 10.0 Å². The van der Waals surface area contributed by atoms with Crippen LogP contribution >= 0.6 is 15.9 Å². The quantitative estimate of drug-likeness (QED) is 0.792. The van der Waals surface area contributed by atoms with Gasteiger partial charge in [0.2, 0.25) is 0 Å². The van der Waals surface area contributed by atoms with Gasteiger partial charge >= 0.3 is 5.97 Å². The SMILES string of the molecule is NC(Cc1ccc(S(=O)(=O)C2COC2)c(Br)c1)C(=O)O. The van der Waals surface area contributed by atoms with Crippen molar-refractivity contribution in [2.75, 3.05) is 13.2 Å². The summed E-state index contributed by atoms with van der Waals surface area (Å²) in [4.78, 5) is 10.9.